The second-order valence-corrected chi connectivity index (χ2v) is 3.75. The van der Waals surface area contributed by atoms with Gasteiger partial charge in [0, 0.05) is 6.04 Å². The molecule has 0 aromatic rings. The third-order valence-electron chi connectivity index (χ3n) is 2.10. The van der Waals surface area contributed by atoms with Crippen molar-refractivity contribution in [1.29, 1.82) is 0 Å². The van der Waals surface area contributed by atoms with Crippen molar-refractivity contribution in [3.05, 3.63) is 0 Å². The van der Waals surface area contributed by atoms with E-state index in [-0.39, 0.29) is 12.5 Å². The predicted octanol–water partition coefficient (Wildman–Crippen LogP) is -0.0509. The lowest BCUT2D eigenvalue weighted by Gasteiger charge is -2.19. The highest BCUT2D eigenvalue weighted by Gasteiger charge is 2.19. The Hall–Kier alpha value is -1.10. The zero-order valence-corrected chi connectivity index (χ0v) is 8.78. The van der Waals surface area contributed by atoms with Crippen molar-refractivity contribution in [3.63, 3.8) is 0 Å². The molecule has 0 aliphatic carbocycles. The first kappa shape index (κ1) is 12.9. The van der Waals surface area contributed by atoms with E-state index in [4.69, 9.17) is 10.8 Å². The summed E-state index contributed by atoms with van der Waals surface area (Å²) in [5.41, 5.74) is 5.37. The highest BCUT2D eigenvalue weighted by Crippen LogP contribution is 2.00. The molecule has 5 heteroatoms. The summed E-state index contributed by atoms with van der Waals surface area (Å²) >= 11 is 0. The van der Waals surface area contributed by atoms with Crippen LogP contribution in [0.3, 0.4) is 0 Å². The molecule has 0 aromatic carbocycles. The molecule has 0 bridgehead atoms. The van der Waals surface area contributed by atoms with Crippen LogP contribution in [0, 0.1) is 5.92 Å². The zero-order chi connectivity index (χ0) is 11.3. The van der Waals surface area contributed by atoms with Gasteiger partial charge in [-0.15, -0.1) is 0 Å². The molecule has 0 rings (SSSR count). The second kappa shape index (κ2) is 5.59. The summed E-state index contributed by atoms with van der Waals surface area (Å²) < 4.78 is 0. The first-order chi connectivity index (χ1) is 6.34. The number of nitrogens with two attached hydrogens (primary N) is 1. The molecule has 4 N–H and O–H groups in total. The van der Waals surface area contributed by atoms with Crippen LogP contribution in [0.4, 0.5) is 0 Å². The van der Waals surface area contributed by atoms with Gasteiger partial charge in [-0.1, -0.05) is 13.8 Å². The molecule has 5 nitrogen and oxygen atoms in total. The maximum atomic E-state index is 11.3. The maximum absolute atomic E-state index is 11.3. The zero-order valence-electron chi connectivity index (χ0n) is 8.78. The van der Waals surface area contributed by atoms with Gasteiger partial charge in [-0.2, -0.15) is 0 Å². The third kappa shape index (κ3) is 4.81. The van der Waals surface area contributed by atoms with Gasteiger partial charge in [0.1, 0.15) is 0 Å². The van der Waals surface area contributed by atoms with Gasteiger partial charge in [0.05, 0.1) is 12.5 Å². The number of rotatable bonds is 5. The van der Waals surface area contributed by atoms with Crippen molar-refractivity contribution in [2.75, 3.05) is 0 Å². The Morgan fingerprint density at radius 1 is 1.36 bits per heavy atom. The van der Waals surface area contributed by atoms with Crippen molar-refractivity contribution >= 4 is 11.9 Å². The van der Waals surface area contributed by atoms with E-state index in [0.717, 1.165) is 0 Å². The predicted molar refractivity (Wildman–Crippen MR) is 52.7 cm³/mol. The number of nitrogens with one attached hydrogen (secondary N) is 1. The molecule has 1 amide bonds. The molecule has 0 aliphatic rings. The molecule has 2 unspecified atom stereocenters. The molecule has 82 valence electrons. The molecule has 0 saturated carbocycles. The number of hydrogen-bond donors (Lipinski definition) is 3. The minimum atomic E-state index is -1.06. The first-order valence-electron chi connectivity index (χ1n) is 4.62. The number of amides is 1. The van der Waals surface area contributed by atoms with E-state index in [2.05, 4.69) is 5.32 Å². The minimum Gasteiger partial charge on any atom is -0.481 e. The van der Waals surface area contributed by atoms with E-state index in [1.807, 2.05) is 20.8 Å². The lowest BCUT2D eigenvalue weighted by molar-refractivity contribution is -0.139. The molecule has 0 saturated heterocycles. The number of carbonyl (C=O) groups excluding carboxylic acids is 1. The van der Waals surface area contributed by atoms with Crippen LogP contribution in [0.15, 0.2) is 0 Å². The van der Waals surface area contributed by atoms with Crippen LogP contribution in [0.25, 0.3) is 0 Å². The highest BCUT2D eigenvalue weighted by molar-refractivity contribution is 5.86. The lowest BCUT2D eigenvalue weighted by Crippen LogP contribution is -2.46. The smallest absolute Gasteiger partial charge is 0.305 e. The van der Waals surface area contributed by atoms with Gasteiger partial charge in [0.15, 0.2) is 0 Å². The normalized spacial score (nSPS) is 14.9. The Bertz CT molecular complexity index is 216. The van der Waals surface area contributed by atoms with E-state index >= 15 is 0 Å². The molecular formula is C9H18N2O3. The molecule has 0 spiro atoms. The molecule has 0 radical (unpaired) electrons. The highest BCUT2D eigenvalue weighted by atomic mass is 16.4. The van der Waals surface area contributed by atoms with Gasteiger partial charge >= 0.3 is 5.97 Å². The van der Waals surface area contributed by atoms with Crippen molar-refractivity contribution < 1.29 is 14.7 Å². The molecular weight excluding hydrogens is 184 g/mol. The number of carbonyl (C=O) groups is 2. The van der Waals surface area contributed by atoms with Gasteiger partial charge in [0.2, 0.25) is 5.91 Å². The Balaban J connectivity index is 4.01. The fourth-order valence-corrected chi connectivity index (χ4v) is 0.779. The Kier molecular flexibility index (Phi) is 5.15. The van der Waals surface area contributed by atoms with E-state index < -0.39 is 17.9 Å². The average molecular weight is 202 g/mol. The molecule has 0 aromatic heterocycles. The summed E-state index contributed by atoms with van der Waals surface area (Å²) in [6.07, 6.45) is -0.337. The lowest BCUT2D eigenvalue weighted by atomic mass is 10.1. The van der Waals surface area contributed by atoms with Crippen molar-refractivity contribution in [2.24, 2.45) is 11.7 Å². The monoisotopic (exact) mass is 202 g/mol. The Morgan fingerprint density at radius 3 is 2.21 bits per heavy atom. The topological polar surface area (TPSA) is 92.4 Å². The summed E-state index contributed by atoms with van der Waals surface area (Å²) in [4.78, 5) is 21.6. The van der Waals surface area contributed by atoms with E-state index in [1.165, 1.54) is 0 Å². The van der Waals surface area contributed by atoms with Crippen molar-refractivity contribution in [2.45, 2.75) is 39.3 Å². The van der Waals surface area contributed by atoms with Crippen molar-refractivity contribution in [3.8, 4) is 0 Å². The molecule has 14 heavy (non-hydrogen) atoms. The second-order valence-electron chi connectivity index (χ2n) is 3.75. The average Bonchev–Trinajstić information content (AvgIpc) is 2.02. The van der Waals surface area contributed by atoms with E-state index in [0.29, 0.717) is 5.92 Å². The van der Waals surface area contributed by atoms with E-state index in [1.54, 1.807) is 0 Å². The van der Waals surface area contributed by atoms with Gasteiger partial charge in [-0.25, -0.2) is 0 Å². The molecule has 0 heterocycles. The summed E-state index contributed by atoms with van der Waals surface area (Å²) in [6, 6.07) is -0.962. The Morgan fingerprint density at radius 2 is 1.86 bits per heavy atom. The summed E-state index contributed by atoms with van der Waals surface area (Å²) in [6.45, 7) is 5.79. The van der Waals surface area contributed by atoms with Crippen LogP contribution in [-0.4, -0.2) is 29.1 Å². The van der Waals surface area contributed by atoms with Crippen molar-refractivity contribution in [1.82, 2.24) is 5.32 Å². The van der Waals surface area contributed by atoms with Crippen LogP contribution in [0.1, 0.15) is 27.2 Å². The van der Waals surface area contributed by atoms with Gasteiger partial charge in [-0.05, 0) is 12.8 Å². The number of carboxylic acids is 1. The van der Waals surface area contributed by atoms with Crippen LogP contribution in [0.2, 0.25) is 0 Å². The van der Waals surface area contributed by atoms with Gasteiger partial charge < -0.3 is 16.2 Å². The van der Waals surface area contributed by atoms with Crippen LogP contribution in [-0.2, 0) is 9.59 Å². The van der Waals surface area contributed by atoms with Crippen LogP contribution in [0.5, 0.6) is 0 Å². The van der Waals surface area contributed by atoms with Crippen LogP contribution < -0.4 is 11.1 Å². The Labute approximate surface area is 83.7 Å². The standard InChI is InChI=1S/C9H18N2O3/c1-5(2)6(3)11-9(14)7(10)4-8(12)13/h5-7H,4,10H2,1-3H3,(H,11,14)(H,12,13). The van der Waals surface area contributed by atoms with Gasteiger partial charge in [-0.3, -0.25) is 9.59 Å². The molecule has 0 fully saturated rings. The first-order valence-corrected chi connectivity index (χ1v) is 4.62. The summed E-state index contributed by atoms with van der Waals surface area (Å²) in [7, 11) is 0. The molecule has 0 aliphatic heterocycles. The van der Waals surface area contributed by atoms with Gasteiger partial charge in [0.25, 0.3) is 0 Å². The van der Waals surface area contributed by atoms with Crippen LogP contribution >= 0.6 is 0 Å². The number of hydrogen-bond acceptors (Lipinski definition) is 3. The molecule has 2 atom stereocenters. The van der Waals surface area contributed by atoms with E-state index in [9.17, 15) is 9.59 Å². The largest absolute Gasteiger partial charge is 0.481 e. The SMILES string of the molecule is CC(C)C(C)NC(=O)C(N)CC(=O)O. The summed E-state index contributed by atoms with van der Waals surface area (Å²) in [5.74, 6) is -1.17. The quantitative estimate of drug-likeness (QED) is 0.582. The fourth-order valence-electron chi connectivity index (χ4n) is 0.779. The number of carboxylic acid groups (broad SMARTS) is 1. The number of aliphatic carboxylic acids is 1. The third-order valence-corrected chi connectivity index (χ3v) is 2.10. The minimum absolute atomic E-state index is 0.00217. The summed E-state index contributed by atoms with van der Waals surface area (Å²) in [5, 5.41) is 11.1. The fraction of sp³-hybridized carbons (Fsp3) is 0.778. The maximum Gasteiger partial charge on any atom is 0.305 e.